The van der Waals surface area contributed by atoms with Crippen LogP contribution in [0.15, 0.2) is 47.4 Å². The van der Waals surface area contributed by atoms with Gasteiger partial charge in [0.25, 0.3) is 0 Å². The monoisotopic (exact) mass is 340 g/mol. The van der Waals surface area contributed by atoms with Gasteiger partial charge in [0.05, 0.1) is 10.9 Å². The summed E-state index contributed by atoms with van der Waals surface area (Å²) in [4.78, 5) is 15.9. The SMILES string of the molecule is CN(Cc1ccc(Cl)s1)C(=O)NCCSc1ccccc1. The molecular weight excluding hydrogens is 324 g/mol. The van der Waals surface area contributed by atoms with Crippen molar-refractivity contribution in [3.8, 4) is 0 Å². The highest BCUT2D eigenvalue weighted by Gasteiger charge is 2.09. The van der Waals surface area contributed by atoms with Gasteiger partial charge in [-0.2, -0.15) is 0 Å². The lowest BCUT2D eigenvalue weighted by Crippen LogP contribution is -2.37. The van der Waals surface area contributed by atoms with Crippen LogP contribution in [0.2, 0.25) is 4.34 Å². The van der Waals surface area contributed by atoms with E-state index >= 15 is 0 Å². The first-order valence-corrected chi connectivity index (χ1v) is 8.74. The largest absolute Gasteiger partial charge is 0.337 e. The molecule has 2 aromatic rings. The Morgan fingerprint density at radius 1 is 1.29 bits per heavy atom. The van der Waals surface area contributed by atoms with Gasteiger partial charge in [-0.25, -0.2) is 4.79 Å². The van der Waals surface area contributed by atoms with E-state index in [1.54, 1.807) is 23.7 Å². The zero-order chi connectivity index (χ0) is 15.1. The molecule has 0 saturated carbocycles. The van der Waals surface area contributed by atoms with Crippen molar-refractivity contribution in [3.63, 3.8) is 0 Å². The molecule has 21 heavy (non-hydrogen) atoms. The third kappa shape index (κ3) is 5.61. The Morgan fingerprint density at radius 3 is 2.71 bits per heavy atom. The van der Waals surface area contributed by atoms with E-state index in [9.17, 15) is 4.79 Å². The third-order valence-electron chi connectivity index (χ3n) is 2.76. The molecule has 0 radical (unpaired) electrons. The van der Waals surface area contributed by atoms with E-state index in [1.165, 1.54) is 16.2 Å². The number of rotatable bonds is 6. The number of carbonyl (C=O) groups excluding carboxylic acids is 1. The van der Waals surface area contributed by atoms with E-state index in [2.05, 4.69) is 17.4 Å². The number of hydrogen-bond acceptors (Lipinski definition) is 3. The van der Waals surface area contributed by atoms with Crippen LogP contribution in [-0.4, -0.2) is 30.3 Å². The van der Waals surface area contributed by atoms with Crippen LogP contribution < -0.4 is 5.32 Å². The fourth-order valence-corrected chi connectivity index (χ4v) is 3.65. The van der Waals surface area contributed by atoms with Crippen molar-refractivity contribution < 1.29 is 4.79 Å². The fourth-order valence-electron chi connectivity index (χ4n) is 1.72. The number of halogens is 1. The standard InChI is InChI=1S/C15H17ClN2OS2/c1-18(11-13-7-8-14(16)21-13)15(19)17-9-10-20-12-5-3-2-4-6-12/h2-8H,9-11H2,1H3,(H,17,19). The minimum Gasteiger partial charge on any atom is -0.337 e. The summed E-state index contributed by atoms with van der Waals surface area (Å²) in [6, 6.07) is 13.9. The van der Waals surface area contributed by atoms with Gasteiger partial charge in [-0.05, 0) is 24.3 Å². The topological polar surface area (TPSA) is 32.3 Å². The Balaban J connectivity index is 1.67. The van der Waals surface area contributed by atoms with Gasteiger partial charge >= 0.3 is 6.03 Å². The Morgan fingerprint density at radius 2 is 2.05 bits per heavy atom. The van der Waals surface area contributed by atoms with Gasteiger partial charge in [-0.3, -0.25) is 0 Å². The molecule has 1 aromatic carbocycles. The molecule has 0 aliphatic heterocycles. The first-order chi connectivity index (χ1) is 10.1. The lowest BCUT2D eigenvalue weighted by Gasteiger charge is -2.17. The van der Waals surface area contributed by atoms with Gasteiger partial charge in [0.2, 0.25) is 0 Å². The second kappa shape index (κ2) is 8.32. The Labute approximate surface area is 138 Å². The quantitative estimate of drug-likeness (QED) is 0.627. The van der Waals surface area contributed by atoms with Gasteiger partial charge in [-0.1, -0.05) is 29.8 Å². The lowest BCUT2D eigenvalue weighted by atomic mass is 10.4. The number of benzene rings is 1. The summed E-state index contributed by atoms with van der Waals surface area (Å²) in [6.07, 6.45) is 0. The van der Waals surface area contributed by atoms with Crippen LogP contribution in [0, 0.1) is 0 Å². The van der Waals surface area contributed by atoms with Crippen molar-refractivity contribution >= 4 is 40.7 Å². The maximum absolute atomic E-state index is 11.9. The number of urea groups is 1. The molecule has 0 unspecified atom stereocenters. The number of hydrogen-bond donors (Lipinski definition) is 1. The van der Waals surface area contributed by atoms with Gasteiger partial charge in [0, 0.05) is 29.1 Å². The maximum atomic E-state index is 11.9. The molecule has 3 nitrogen and oxygen atoms in total. The fraction of sp³-hybridized carbons (Fsp3) is 0.267. The van der Waals surface area contributed by atoms with E-state index in [0.29, 0.717) is 13.1 Å². The van der Waals surface area contributed by atoms with Gasteiger partial charge in [-0.15, -0.1) is 23.1 Å². The Kier molecular flexibility index (Phi) is 6.42. The lowest BCUT2D eigenvalue weighted by molar-refractivity contribution is 0.208. The summed E-state index contributed by atoms with van der Waals surface area (Å²) < 4.78 is 0.748. The van der Waals surface area contributed by atoms with Crippen molar-refractivity contribution in [2.45, 2.75) is 11.4 Å². The third-order valence-corrected chi connectivity index (χ3v) is 4.99. The second-order valence-electron chi connectivity index (χ2n) is 4.46. The van der Waals surface area contributed by atoms with E-state index in [1.807, 2.05) is 30.3 Å². The van der Waals surface area contributed by atoms with Crippen LogP contribution in [0.4, 0.5) is 4.79 Å². The van der Waals surface area contributed by atoms with Crippen molar-refractivity contribution in [2.75, 3.05) is 19.3 Å². The van der Waals surface area contributed by atoms with Crippen LogP contribution in [-0.2, 0) is 6.54 Å². The van der Waals surface area contributed by atoms with Crippen molar-refractivity contribution in [1.29, 1.82) is 0 Å². The Hall–Kier alpha value is -1.17. The van der Waals surface area contributed by atoms with Gasteiger partial charge in [0.15, 0.2) is 0 Å². The second-order valence-corrected chi connectivity index (χ2v) is 7.42. The summed E-state index contributed by atoms with van der Waals surface area (Å²) in [6.45, 7) is 1.23. The molecule has 0 saturated heterocycles. The minimum absolute atomic E-state index is 0.0619. The molecule has 1 aromatic heterocycles. The molecule has 112 valence electrons. The summed E-state index contributed by atoms with van der Waals surface area (Å²) in [5.41, 5.74) is 0. The number of thioether (sulfide) groups is 1. The molecule has 1 N–H and O–H groups in total. The van der Waals surface area contributed by atoms with Crippen LogP contribution in [0.5, 0.6) is 0 Å². The summed E-state index contributed by atoms with van der Waals surface area (Å²) in [5.74, 6) is 0.856. The molecular formula is C15H17ClN2OS2. The zero-order valence-corrected chi connectivity index (χ0v) is 14.1. The average Bonchev–Trinajstić information content (AvgIpc) is 2.89. The van der Waals surface area contributed by atoms with E-state index in [4.69, 9.17) is 11.6 Å². The number of thiophene rings is 1. The maximum Gasteiger partial charge on any atom is 0.317 e. The van der Waals surface area contributed by atoms with Gasteiger partial charge < -0.3 is 10.2 Å². The average molecular weight is 341 g/mol. The molecule has 1 heterocycles. The predicted molar refractivity (Wildman–Crippen MR) is 91.4 cm³/mol. The smallest absolute Gasteiger partial charge is 0.317 e. The molecule has 0 spiro atoms. The number of carbonyl (C=O) groups is 1. The predicted octanol–water partition coefficient (Wildman–Crippen LogP) is 4.34. The molecule has 2 amide bonds. The minimum atomic E-state index is -0.0619. The first kappa shape index (κ1) is 16.2. The number of nitrogens with one attached hydrogen (secondary N) is 1. The van der Waals surface area contributed by atoms with E-state index < -0.39 is 0 Å². The van der Waals surface area contributed by atoms with Crippen molar-refractivity contribution in [3.05, 3.63) is 51.7 Å². The van der Waals surface area contributed by atoms with Gasteiger partial charge in [0.1, 0.15) is 0 Å². The normalized spacial score (nSPS) is 10.4. The molecule has 0 aliphatic rings. The molecule has 6 heteroatoms. The number of amides is 2. The van der Waals surface area contributed by atoms with Crippen LogP contribution in [0.25, 0.3) is 0 Å². The molecule has 0 fully saturated rings. The van der Waals surface area contributed by atoms with Crippen LogP contribution >= 0.6 is 34.7 Å². The first-order valence-electron chi connectivity index (χ1n) is 6.56. The highest BCUT2D eigenvalue weighted by atomic mass is 35.5. The van der Waals surface area contributed by atoms with Crippen molar-refractivity contribution in [2.24, 2.45) is 0 Å². The molecule has 0 aliphatic carbocycles. The zero-order valence-electron chi connectivity index (χ0n) is 11.7. The molecule has 2 rings (SSSR count). The highest BCUT2D eigenvalue weighted by Crippen LogP contribution is 2.22. The highest BCUT2D eigenvalue weighted by molar-refractivity contribution is 7.99. The van der Waals surface area contributed by atoms with Crippen LogP contribution in [0.1, 0.15) is 4.88 Å². The van der Waals surface area contributed by atoms with Crippen molar-refractivity contribution in [1.82, 2.24) is 10.2 Å². The molecule has 0 atom stereocenters. The summed E-state index contributed by atoms with van der Waals surface area (Å²) >= 11 is 9.11. The Bertz CT molecular complexity index is 574. The summed E-state index contributed by atoms with van der Waals surface area (Å²) in [7, 11) is 1.79. The van der Waals surface area contributed by atoms with Crippen LogP contribution in [0.3, 0.4) is 0 Å². The summed E-state index contributed by atoms with van der Waals surface area (Å²) in [5, 5.41) is 2.92. The molecule has 0 bridgehead atoms. The van der Waals surface area contributed by atoms with E-state index in [-0.39, 0.29) is 6.03 Å². The van der Waals surface area contributed by atoms with E-state index in [0.717, 1.165) is 15.0 Å². The number of nitrogens with zero attached hydrogens (tertiary/aromatic N) is 1.